The molecular formula is C40H60N2Y-2. The number of rotatable bonds is 5. The summed E-state index contributed by atoms with van der Waals surface area (Å²) in [6, 6.07) is 38.2. The second-order valence-corrected chi connectivity index (χ2v) is 8.57. The molecule has 43 heavy (non-hydrogen) atoms. The zero-order chi connectivity index (χ0) is 32.3. The van der Waals surface area contributed by atoms with Gasteiger partial charge < -0.3 is 0 Å². The number of hydrogen-bond donors (Lipinski definition) is 0. The van der Waals surface area contributed by atoms with Crippen LogP contribution in [0, 0.1) is 12.1 Å². The Kier molecular flexibility index (Phi) is 31.6. The first-order valence-corrected chi connectivity index (χ1v) is 16.1. The number of nitrogens with zero attached hydrogens (tertiary/aromatic N) is 2. The van der Waals surface area contributed by atoms with Crippen LogP contribution < -0.4 is 0 Å². The van der Waals surface area contributed by atoms with E-state index in [1.807, 2.05) is 99.6 Å². The first-order chi connectivity index (χ1) is 20.6. The second-order valence-electron chi connectivity index (χ2n) is 8.57. The van der Waals surface area contributed by atoms with Crippen LogP contribution in [0.2, 0.25) is 0 Å². The van der Waals surface area contributed by atoms with Gasteiger partial charge in [0.05, 0.1) is 0 Å². The van der Waals surface area contributed by atoms with Crippen molar-refractivity contribution in [1.29, 1.82) is 0 Å². The minimum Gasteiger partial charge on any atom is -0.299 e. The van der Waals surface area contributed by atoms with Crippen molar-refractivity contribution in [2.45, 2.75) is 82.2 Å². The Morgan fingerprint density at radius 3 is 1.49 bits per heavy atom. The van der Waals surface area contributed by atoms with Gasteiger partial charge in [0.1, 0.15) is 0 Å². The summed E-state index contributed by atoms with van der Waals surface area (Å²) in [5.41, 5.74) is 9.29. The molecule has 3 heteroatoms. The van der Waals surface area contributed by atoms with E-state index >= 15 is 0 Å². The van der Waals surface area contributed by atoms with E-state index < -0.39 is 0 Å². The fraction of sp³-hybridized carbons (Fsp3) is 0.400. The van der Waals surface area contributed by atoms with E-state index in [0.717, 1.165) is 30.8 Å². The van der Waals surface area contributed by atoms with Crippen molar-refractivity contribution in [3.05, 3.63) is 120 Å². The standard InChI is InChI=1S/C17H20N2.C13H10.5C2H6.Y/c1-18(2)14-19(3)13-16-11-7-8-12-17(16)15-9-5-4-6-10-15;1-3-7-12-10(5-1)9-11-6-2-4-8-13(11)12;5*1-2;/h4-9,11H,13-14H2,1-3H3;1-8H,9H2;5*1-2H3;/q-2;;;;;;;. The average Bonchev–Trinajstić information content (AvgIpc) is 3.45. The van der Waals surface area contributed by atoms with Crippen LogP contribution in [0.15, 0.2) is 91.0 Å². The molecule has 0 heterocycles. The molecule has 4 aromatic carbocycles. The van der Waals surface area contributed by atoms with Gasteiger partial charge in [-0.2, -0.15) is 42.0 Å². The van der Waals surface area contributed by atoms with Crippen molar-refractivity contribution in [2.75, 3.05) is 27.8 Å². The van der Waals surface area contributed by atoms with Gasteiger partial charge in [0.2, 0.25) is 0 Å². The van der Waals surface area contributed by atoms with Crippen LogP contribution in [0.25, 0.3) is 22.3 Å². The van der Waals surface area contributed by atoms with Gasteiger partial charge in [0.25, 0.3) is 0 Å². The molecule has 0 bridgehead atoms. The van der Waals surface area contributed by atoms with E-state index in [4.69, 9.17) is 0 Å². The molecule has 1 radical (unpaired) electrons. The van der Waals surface area contributed by atoms with E-state index in [0.29, 0.717) is 0 Å². The average molecular weight is 658 g/mol. The van der Waals surface area contributed by atoms with Crippen molar-refractivity contribution in [1.82, 2.24) is 9.80 Å². The topological polar surface area (TPSA) is 6.48 Å². The molecule has 0 atom stereocenters. The molecular weight excluding hydrogens is 597 g/mol. The van der Waals surface area contributed by atoms with Crippen LogP contribution in [0.5, 0.6) is 0 Å². The Morgan fingerprint density at radius 2 is 1.02 bits per heavy atom. The van der Waals surface area contributed by atoms with Gasteiger partial charge in [-0.15, -0.1) is 18.2 Å². The fourth-order valence-electron chi connectivity index (χ4n) is 4.31. The van der Waals surface area contributed by atoms with Gasteiger partial charge in [-0.25, -0.2) is 11.1 Å². The predicted octanol–water partition coefficient (Wildman–Crippen LogP) is 11.3. The zero-order valence-corrected chi connectivity index (χ0v) is 32.6. The third-order valence-corrected chi connectivity index (χ3v) is 5.59. The van der Waals surface area contributed by atoms with E-state index in [9.17, 15) is 0 Å². The second kappa shape index (κ2) is 30.0. The molecule has 0 N–H and O–H groups in total. The molecule has 0 amide bonds. The Balaban J connectivity index is -0.000000582. The molecule has 5 rings (SSSR count). The summed E-state index contributed by atoms with van der Waals surface area (Å²) < 4.78 is 0. The molecule has 0 aliphatic heterocycles. The van der Waals surface area contributed by atoms with Gasteiger partial charge in [-0.05, 0) is 56.4 Å². The van der Waals surface area contributed by atoms with Crippen molar-refractivity contribution in [2.24, 2.45) is 0 Å². The van der Waals surface area contributed by atoms with Crippen LogP contribution in [0.3, 0.4) is 0 Å². The molecule has 1 aliphatic rings. The first-order valence-electron chi connectivity index (χ1n) is 16.1. The summed E-state index contributed by atoms with van der Waals surface area (Å²) in [5.74, 6) is 0. The molecule has 0 aromatic heterocycles. The number of hydrogen-bond acceptors (Lipinski definition) is 2. The molecule has 2 nitrogen and oxygen atoms in total. The van der Waals surface area contributed by atoms with E-state index in [1.54, 1.807) is 0 Å². The minimum absolute atomic E-state index is 0. The molecule has 0 unspecified atom stereocenters. The number of benzene rings is 4. The summed E-state index contributed by atoms with van der Waals surface area (Å²) >= 11 is 0. The van der Waals surface area contributed by atoms with E-state index in [1.165, 1.54) is 27.8 Å². The summed E-state index contributed by atoms with van der Waals surface area (Å²) in [7, 11) is 6.30. The Morgan fingerprint density at radius 1 is 0.558 bits per heavy atom. The third-order valence-electron chi connectivity index (χ3n) is 5.59. The van der Waals surface area contributed by atoms with Gasteiger partial charge in [0.15, 0.2) is 0 Å². The minimum atomic E-state index is 0. The maximum atomic E-state index is 3.34. The van der Waals surface area contributed by atoms with Crippen molar-refractivity contribution in [3.63, 3.8) is 0 Å². The molecule has 235 valence electrons. The quantitative estimate of drug-likeness (QED) is 0.137. The monoisotopic (exact) mass is 657 g/mol. The SMILES string of the molecule is CC.CC.CC.CC.CC.CN(C)CN(C)Cc1ccc[c-]c1-c1[c-]cccc1.[Y].c1ccc2c(c1)Cc1ccccc1-2. The van der Waals surface area contributed by atoms with Gasteiger partial charge >= 0.3 is 0 Å². The first kappa shape index (κ1) is 45.3. The fourth-order valence-corrected chi connectivity index (χ4v) is 4.31. The molecule has 0 saturated heterocycles. The van der Waals surface area contributed by atoms with Gasteiger partial charge in [0, 0.05) is 39.4 Å². The Labute approximate surface area is 292 Å². The largest absolute Gasteiger partial charge is 0.299 e. The molecule has 4 aromatic rings. The van der Waals surface area contributed by atoms with Crippen LogP contribution in [0.1, 0.15) is 85.9 Å². The maximum Gasteiger partial charge on any atom is 0.0493 e. The summed E-state index contributed by atoms with van der Waals surface area (Å²) in [6.07, 6.45) is 1.10. The molecule has 1 aliphatic carbocycles. The Hall–Kier alpha value is -2.10. The van der Waals surface area contributed by atoms with Crippen LogP contribution in [0.4, 0.5) is 0 Å². The molecule has 0 spiro atoms. The van der Waals surface area contributed by atoms with Crippen LogP contribution in [-0.2, 0) is 45.7 Å². The molecule has 0 fully saturated rings. The van der Waals surface area contributed by atoms with Gasteiger partial charge in [-0.3, -0.25) is 9.80 Å². The maximum absolute atomic E-state index is 3.34. The van der Waals surface area contributed by atoms with E-state index in [2.05, 4.69) is 104 Å². The van der Waals surface area contributed by atoms with Crippen LogP contribution >= 0.6 is 0 Å². The molecule has 0 saturated carbocycles. The van der Waals surface area contributed by atoms with E-state index in [-0.39, 0.29) is 32.7 Å². The van der Waals surface area contributed by atoms with Crippen molar-refractivity contribution >= 4 is 0 Å². The summed E-state index contributed by atoms with van der Waals surface area (Å²) in [6.45, 7) is 21.8. The van der Waals surface area contributed by atoms with Crippen molar-refractivity contribution in [3.8, 4) is 22.3 Å². The smallest absolute Gasteiger partial charge is 0.0493 e. The van der Waals surface area contributed by atoms with Gasteiger partial charge in [-0.1, -0.05) is 118 Å². The normalized spacial score (nSPS) is 9.37. The number of fused-ring (bicyclic) bond motifs is 3. The predicted molar refractivity (Wildman–Crippen MR) is 191 cm³/mol. The Bertz CT molecular complexity index is 1110. The third kappa shape index (κ3) is 16.5. The zero-order valence-electron chi connectivity index (χ0n) is 29.8. The van der Waals surface area contributed by atoms with Crippen molar-refractivity contribution < 1.29 is 32.7 Å². The summed E-state index contributed by atoms with van der Waals surface area (Å²) in [4.78, 5) is 4.45. The summed E-state index contributed by atoms with van der Waals surface area (Å²) in [5, 5.41) is 0. The van der Waals surface area contributed by atoms with Crippen LogP contribution in [-0.4, -0.2) is 37.6 Å².